The highest BCUT2D eigenvalue weighted by Crippen LogP contribution is 2.40. The van der Waals surface area contributed by atoms with Gasteiger partial charge in [0, 0.05) is 5.41 Å². The maximum absolute atomic E-state index is 11.8. The van der Waals surface area contributed by atoms with Crippen molar-refractivity contribution in [1.82, 2.24) is 0 Å². The minimum absolute atomic E-state index is 0.0347. The maximum Gasteiger partial charge on any atom is 0.392 e. The number of aliphatic carboxylic acids is 1. The Hall–Kier alpha value is -1.69. The summed E-state index contributed by atoms with van der Waals surface area (Å²) in [6.07, 6.45) is 0.0384. The first-order valence-electron chi connectivity index (χ1n) is 6.46. The molecular formula is C14H22N2O4. The first-order valence-corrected chi connectivity index (χ1v) is 6.46. The zero-order valence-corrected chi connectivity index (χ0v) is 12.9. The maximum atomic E-state index is 11.8. The van der Waals surface area contributed by atoms with E-state index in [1.165, 1.54) is 6.21 Å². The molecule has 0 fully saturated rings. The Bertz CT molecular complexity index is 506. The minimum Gasteiger partial charge on any atom is -0.498 e. The number of rotatable bonds is 1. The van der Waals surface area contributed by atoms with Crippen LogP contribution in [0.3, 0.4) is 0 Å². The lowest BCUT2D eigenvalue weighted by atomic mass is 9.87. The number of hydrogen-bond acceptors (Lipinski definition) is 4. The van der Waals surface area contributed by atoms with Crippen molar-refractivity contribution in [2.75, 3.05) is 6.54 Å². The second kappa shape index (κ2) is 4.70. The Balaban J connectivity index is 3.79. The molecule has 1 unspecified atom stereocenters. The van der Waals surface area contributed by atoms with Crippen molar-refractivity contribution in [3.8, 4) is 0 Å². The Morgan fingerprint density at radius 2 is 1.75 bits per heavy atom. The van der Waals surface area contributed by atoms with Gasteiger partial charge in [0.05, 0.1) is 6.21 Å². The number of aliphatic imine (C=N–C) groups is 1. The van der Waals surface area contributed by atoms with E-state index in [-0.39, 0.29) is 17.9 Å². The SMILES string of the molecule is CC(C)(C)C1=C(C(=O)O)[N+](C(=O)[O-])(C(C)(C)C)CC=N1. The lowest BCUT2D eigenvalue weighted by Gasteiger charge is -2.48. The molecule has 0 saturated heterocycles. The smallest absolute Gasteiger partial charge is 0.392 e. The fourth-order valence-corrected chi connectivity index (χ4v) is 2.45. The van der Waals surface area contributed by atoms with Crippen LogP contribution in [-0.4, -0.2) is 40.0 Å². The molecule has 1 aliphatic heterocycles. The molecule has 0 aromatic heterocycles. The van der Waals surface area contributed by atoms with E-state index in [9.17, 15) is 19.8 Å². The number of allylic oxidation sites excluding steroid dienone is 1. The van der Waals surface area contributed by atoms with E-state index in [0.717, 1.165) is 0 Å². The summed E-state index contributed by atoms with van der Waals surface area (Å²) in [5.74, 6) is -1.27. The molecule has 1 amide bonds. The summed E-state index contributed by atoms with van der Waals surface area (Å²) < 4.78 is -0.765. The highest BCUT2D eigenvalue weighted by atomic mass is 16.4. The summed E-state index contributed by atoms with van der Waals surface area (Å²) in [5, 5.41) is 21.4. The molecule has 1 aliphatic rings. The average molecular weight is 282 g/mol. The van der Waals surface area contributed by atoms with Crippen molar-refractivity contribution >= 4 is 18.3 Å². The van der Waals surface area contributed by atoms with Crippen molar-refractivity contribution in [2.45, 2.75) is 47.1 Å². The zero-order valence-electron chi connectivity index (χ0n) is 12.9. The Morgan fingerprint density at radius 3 is 2.05 bits per heavy atom. The van der Waals surface area contributed by atoms with Gasteiger partial charge >= 0.3 is 5.97 Å². The van der Waals surface area contributed by atoms with E-state index in [2.05, 4.69) is 4.99 Å². The van der Waals surface area contributed by atoms with E-state index in [1.54, 1.807) is 41.5 Å². The van der Waals surface area contributed by atoms with Crippen LogP contribution in [0.1, 0.15) is 41.5 Å². The molecule has 6 nitrogen and oxygen atoms in total. The average Bonchev–Trinajstić information content (AvgIpc) is 2.24. The van der Waals surface area contributed by atoms with E-state index in [0.29, 0.717) is 0 Å². The second-order valence-corrected chi connectivity index (χ2v) is 6.99. The molecule has 0 aromatic rings. The second-order valence-electron chi connectivity index (χ2n) is 6.99. The predicted molar refractivity (Wildman–Crippen MR) is 72.9 cm³/mol. The number of carbonyl (C=O) groups is 2. The van der Waals surface area contributed by atoms with Gasteiger partial charge in [-0.2, -0.15) is 0 Å². The Kier molecular flexibility index (Phi) is 3.84. The third kappa shape index (κ3) is 2.35. The van der Waals surface area contributed by atoms with Gasteiger partial charge in [-0.1, -0.05) is 20.8 Å². The largest absolute Gasteiger partial charge is 0.498 e. The summed E-state index contributed by atoms with van der Waals surface area (Å²) in [6.45, 7) is 10.4. The van der Waals surface area contributed by atoms with Crippen LogP contribution in [-0.2, 0) is 4.79 Å². The number of carboxylic acids is 1. The van der Waals surface area contributed by atoms with Gasteiger partial charge in [0.15, 0.2) is 0 Å². The quantitative estimate of drug-likeness (QED) is 0.735. The van der Waals surface area contributed by atoms with Crippen LogP contribution < -0.4 is 5.11 Å². The lowest BCUT2D eigenvalue weighted by Crippen LogP contribution is -2.69. The number of carboxylic acid groups (broad SMARTS) is 2. The molecule has 6 heteroatoms. The standard InChI is InChI=1S/C14H22N2O4/c1-13(2,3)10-9(11(17)18)16(12(19)20,8-7-15-10)14(4,5)6/h7H,8H2,1-6H3,(H-,17,18,19,20). The molecule has 1 heterocycles. The van der Waals surface area contributed by atoms with Gasteiger partial charge in [-0.3, -0.25) is 4.99 Å². The van der Waals surface area contributed by atoms with Crippen molar-refractivity contribution < 1.29 is 24.3 Å². The molecule has 0 aliphatic carbocycles. The molecule has 20 heavy (non-hydrogen) atoms. The number of hydrogen-bond donors (Lipinski definition) is 1. The molecule has 0 bridgehead atoms. The fraction of sp³-hybridized carbons (Fsp3) is 0.643. The molecule has 0 radical (unpaired) electrons. The summed E-state index contributed by atoms with van der Waals surface area (Å²) in [5.41, 5.74) is -1.38. The minimum atomic E-state index is -1.43. The first kappa shape index (κ1) is 16.4. The van der Waals surface area contributed by atoms with Gasteiger partial charge < -0.3 is 15.0 Å². The van der Waals surface area contributed by atoms with Crippen LogP contribution in [0.5, 0.6) is 0 Å². The number of quaternary nitrogens is 1. The van der Waals surface area contributed by atoms with Gasteiger partial charge in [0.1, 0.15) is 17.8 Å². The van der Waals surface area contributed by atoms with Crippen LogP contribution in [0.25, 0.3) is 0 Å². The molecule has 112 valence electrons. The predicted octanol–water partition coefficient (Wildman–Crippen LogP) is 1.37. The van der Waals surface area contributed by atoms with Crippen molar-refractivity contribution in [2.24, 2.45) is 10.4 Å². The Morgan fingerprint density at radius 1 is 1.25 bits per heavy atom. The van der Waals surface area contributed by atoms with Gasteiger partial charge in [-0.25, -0.2) is 9.28 Å². The van der Waals surface area contributed by atoms with Crippen molar-refractivity contribution in [3.63, 3.8) is 0 Å². The third-order valence-electron chi connectivity index (χ3n) is 3.55. The highest BCUT2D eigenvalue weighted by molar-refractivity contribution is 5.89. The fourth-order valence-electron chi connectivity index (χ4n) is 2.45. The summed E-state index contributed by atoms with van der Waals surface area (Å²) in [7, 11) is 0. The number of amides is 1. The normalized spacial score (nSPS) is 23.9. The number of nitrogens with zero attached hydrogens (tertiary/aromatic N) is 2. The van der Waals surface area contributed by atoms with Crippen LogP contribution in [0, 0.1) is 5.41 Å². The van der Waals surface area contributed by atoms with Crippen LogP contribution in [0.15, 0.2) is 16.4 Å². The van der Waals surface area contributed by atoms with E-state index in [1.807, 2.05) is 0 Å². The lowest BCUT2D eigenvalue weighted by molar-refractivity contribution is -0.874. The highest BCUT2D eigenvalue weighted by Gasteiger charge is 2.53. The summed E-state index contributed by atoms with van der Waals surface area (Å²) in [4.78, 5) is 27.7. The summed E-state index contributed by atoms with van der Waals surface area (Å²) >= 11 is 0. The molecule has 0 spiro atoms. The monoisotopic (exact) mass is 282 g/mol. The molecule has 1 N–H and O–H groups in total. The van der Waals surface area contributed by atoms with E-state index in [4.69, 9.17) is 0 Å². The molecular weight excluding hydrogens is 260 g/mol. The van der Waals surface area contributed by atoms with Gasteiger partial charge in [0.2, 0.25) is 5.70 Å². The molecule has 1 atom stereocenters. The van der Waals surface area contributed by atoms with Crippen LogP contribution in [0.4, 0.5) is 4.79 Å². The van der Waals surface area contributed by atoms with Crippen LogP contribution >= 0.6 is 0 Å². The van der Waals surface area contributed by atoms with Crippen molar-refractivity contribution in [1.29, 1.82) is 0 Å². The zero-order chi connectivity index (χ0) is 15.9. The van der Waals surface area contributed by atoms with E-state index >= 15 is 0 Å². The molecule has 0 saturated carbocycles. The first-order chi connectivity index (χ1) is 8.85. The van der Waals surface area contributed by atoms with Gasteiger partial charge in [0.25, 0.3) is 6.09 Å². The van der Waals surface area contributed by atoms with E-state index < -0.39 is 27.5 Å². The van der Waals surface area contributed by atoms with Crippen molar-refractivity contribution in [3.05, 3.63) is 11.4 Å². The third-order valence-corrected chi connectivity index (χ3v) is 3.55. The Labute approximate surface area is 119 Å². The van der Waals surface area contributed by atoms with Crippen LogP contribution in [0.2, 0.25) is 0 Å². The number of carbonyl (C=O) groups excluding carboxylic acids is 1. The summed E-state index contributed by atoms with van der Waals surface area (Å²) in [6, 6.07) is 0. The van der Waals surface area contributed by atoms with Gasteiger partial charge in [-0.15, -0.1) is 0 Å². The topological polar surface area (TPSA) is 89.8 Å². The molecule has 0 aromatic carbocycles. The molecule has 1 rings (SSSR count). The van der Waals surface area contributed by atoms with Gasteiger partial charge in [-0.05, 0) is 20.8 Å².